The lowest BCUT2D eigenvalue weighted by molar-refractivity contribution is 0.304. The van der Waals surface area contributed by atoms with Crippen molar-refractivity contribution in [2.45, 2.75) is 40.3 Å². The summed E-state index contributed by atoms with van der Waals surface area (Å²) in [4.78, 5) is 0. The Bertz CT molecular complexity index is 599. The summed E-state index contributed by atoms with van der Waals surface area (Å²) in [5.74, 6) is 0.959. The fourth-order valence-corrected chi connectivity index (χ4v) is 2.58. The molecule has 1 unspecified atom stereocenters. The Hall–Kier alpha value is -1.80. The summed E-state index contributed by atoms with van der Waals surface area (Å²) in [6.07, 6.45) is 0. The standard InChI is InChI=1S/C19H25NO/c1-13-8-14(2)10-17(9-13)12-21-19-7-6-18(11-15(19)3)16(4)20-5/h6-11,16,20H,12H2,1-5H3. The summed E-state index contributed by atoms with van der Waals surface area (Å²) in [6, 6.07) is 13.3. The molecule has 0 saturated carbocycles. The number of hydrogen-bond donors (Lipinski definition) is 1. The second-order valence-corrected chi connectivity index (χ2v) is 5.82. The van der Waals surface area contributed by atoms with Gasteiger partial charge in [0.1, 0.15) is 12.4 Å². The van der Waals surface area contributed by atoms with E-state index in [2.05, 4.69) is 69.4 Å². The van der Waals surface area contributed by atoms with Crippen LogP contribution < -0.4 is 10.1 Å². The fraction of sp³-hybridized carbons (Fsp3) is 0.368. The maximum Gasteiger partial charge on any atom is 0.122 e. The van der Waals surface area contributed by atoms with E-state index in [-0.39, 0.29) is 0 Å². The van der Waals surface area contributed by atoms with Crippen molar-refractivity contribution < 1.29 is 4.74 Å². The lowest BCUT2D eigenvalue weighted by Gasteiger charge is -2.15. The van der Waals surface area contributed by atoms with Gasteiger partial charge in [-0.05, 0) is 57.5 Å². The Morgan fingerprint density at radius 3 is 2.24 bits per heavy atom. The van der Waals surface area contributed by atoms with Crippen LogP contribution in [0.3, 0.4) is 0 Å². The largest absolute Gasteiger partial charge is 0.489 e. The molecule has 2 aromatic rings. The molecule has 112 valence electrons. The Labute approximate surface area is 128 Å². The molecule has 0 aliphatic rings. The highest BCUT2D eigenvalue weighted by Gasteiger charge is 2.06. The number of aryl methyl sites for hydroxylation is 3. The van der Waals surface area contributed by atoms with Crippen LogP contribution in [0.4, 0.5) is 0 Å². The minimum absolute atomic E-state index is 0.358. The summed E-state index contributed by atoms with van der Waals surface area (Å²) in [6.45, 7) is 9.11. The molecule has 0 fully saturated rings. The van der Waals surface area contributed by atoms with E-state index in [1.807, 2.05) is 7.05 Å². The maximum atomic E-state index is 5.98. The molecule has 0 radical (unpaired) electrons. The van der Waals surface area contributed by atoms with E-state index in [0.29, 0.717) is 12.6 Å². The van der Waals surface area contributed by atoms with Crippen LogP contribution in [0.5, 0.6) is 5.75 Å². The van der Waals surface area contributed by atoms with Crippen molar-refractivity contribution in [3.8, 4) is 5.75 Å². The lowest BCUT2D eigenvalue weighted by Crippen LogP contribution is -2.12. The number of nitrogens with one attached hydrogen (secondary N) is 1. The summed E-state index contributed by atoms with van der Waals surface area (Å²) >= 11 is 0. The van der Waals surface area contributed by atoms with Gasteiger partial charge in [-0.1, -0.05) is 41.5 Å². The highest BCUT2D eigenvalue weighted by molar-refractivity contribution is 5.38. The molecular weight excluding hydrogens is 258 g/mol. The number of hydrogen-bond acceptors (Lipinski definition) is 2. The molecule has 21 heavy (non-hydrogen) atoms. The molecule has 0 heterocycles. The zero-order chi connectivity index (χ0) is 15.4. The number of ether oxygens (including phenoxy) is 1. The van der Waals surface area contributed by atoms with E-state index in [4.69, 9.17) is 4.74 Å². The second-order valence-electron chi connectivity index (χ2n) is 5.82. The first kappa shape index (κ1) is 15.6. The van der Waals surface area contributed by atoms with Crippen LogP contribution in [0, 0.1) is 20.8 Å². The Kier molecular flexibility index (Phi) is 5.03. The van der Waals surface area contributed by atoms with E-state index in [1.165, 1.54) is 27.8 Å². The van der Waals surface area contributed by atoms with Crippen molar-refractivity contribution in [1.82, 2.24) is 5.32 Å². The molecule has 0 bridgehead atoms. The van der Waals surface area contributed by atoms with Crippen LogP contribution in [0.25, 0.3) is 0 Å². The third-order valence-corrected chi connectivity index (χ3v) is 3.81. The van der Waals surface area contributed by atoms with Gasteiger partial charge < -0.3 is 10.1 Å². The van der Waals surface area contributed by atoms with Gasteiger partial charge in [0.15, 0.2) is 0 Å². The van der Waals surface area contributed by atoms with Crippen LogP contribution in [0.1, 0.15) is 40.8 Å². The van der Waals surface area contributed by atoms with Crippen molar-refractivity contribution in [3.05, 3.63) is 64.2 Å². The molecule has 0 spiro atoms. The predicted molar refractivity (Wildman–Crippen MR) is 88.9 cm³/mol. The van der Waals surface area contributed by atoms with E-state index in [1.54, 1.807) is 0 Å². The van der Waals surface area contributed by atoms with Crippen molar-refractivity contribution in [2.75, 3.05) is 7.05 Å². The van der Waals surface area contributed by atoms with Gasteiger partial charge in [0.25, 0.3) is 0 Å². The molecular formula is C19H25NO. The van der Waals surface area contributed by atoms with Crippen molar-refractivity contribution >= 4 is 0 Å². The van der Waals surface area contributed by atoms with Crippen LogP contribution in [-0.4, -0.2) is 7.05 Å². The van der Waals surface area contributed by atoms with Gasteiger partial charge in [0.2, 0.25) is 0 Å². The first-order chi connectivity index (χ1) is 9.99. The molecule has 0 amide bonds. The highest BCUT2D eigenvalue weighted by atomic mass is 16.5. The zero-order valence-corrected chi connectivity index (χ0v) is 13.7. The molecule has 1 N–H and O–H groups in total. The summed E-state index contributed by atoms with van der Waals surface area (Å²) in [7, 11) is 1.98. The first-order valence-electron chi connectivity index (χ1n) is 7.47. The van der Waals surface area contributed by atoms with E-state index < -0.39 is 0 Å². The molecule has 2 rings (SSSR count). The van der Waals surface area contributed by atoms with Gasteiger partial charge in [-0.3, -0.25) is 0 Å². The van der Waals surface area contributed by atoms with Gasteiger partial charge in [-0.15, -0.1) is 0 Å². The SMILES string of the molecule is CNC(C)c1ccc(OCc2cc(C)cc(C)c2)c(C)c1. The quantitative estimate of drug-likeness (QED) is 0.874. The van der Waals surface area contributed by atoms with E-state index in [0.717, 1.165) is 5.75 Å². The van der Waals surface area contributed by atoms with Crippen LogP contribution in [-0.2, 0) is 6.61 Å². The van der Waals surface area contributed by atoms with Crippen molar-refractivity contribution in [2.24, 2.45) is 0 Å². The smallest absolute Gasteiger partial charge is 0.122 e. The Morgan fingerprint density at radius 1 is 1.00 bits per heavy atom. The minimum Gasteiger partial charge on any atom is -0.489 e. The van der Waals surface area contributed by atoms with E-state index >= 15 is 0 Å². The fourth-order valence-electron chi connectivity index (χ4n) is 2.58. The highest BCUT2D eigenvalue weighted by Crippen LogP contribution is 2.23. The number of rotatable bonds is 5. The molecule has 2 heteroatoms. The van der Waals surface area contributed by atoms with Crippen molar-refractivity contribution in [1.29, 1.82) is 0 Å². The molecule has 0 aromatic heterocycles. The Balaban J connectivity index is 2.09. The van der Waals surface area contributed by atoms with Crippen LogP contribution >= 0.6 is 0 Å². The average Bonchev–Trinajstić information content (AvgIpc) is 2.44. The third kappa shape index (κ3) is 4.08. The maximum absolute atomic E-state index is 5.98. The molecule has 0 aliphatic heterocycles. The molecule has 1 atom stereocenters. The van der Waals surface area contributed by atoms with Crippen molar-refractivity contribution in [3.63, 3.8) is 0 Å². The zero-order valence-electron chi connectivity index (χ0n) is 13.7. The molecule has 2 nitrogen and oxygen atoms in total. The van der Waals surface area contributed by atoms with Gasteiger partial charge >= 0.3 is 0 Å². The van der Waals surface area contributed by atoms with E-state index in [9.17, 15) is 0 Å². The number of benzene rings is 2. The molecule has 2 aromatic carbocycles. The summed E-state index contributed by atoms with van der Waals surface area (Å²) in [5.41, 5.74) is 6.25. The molecule has 0 aliphatic carbocycles. The van der Waals surface area contributed by atoms with Gasteiger partial charge in [0.05, 0.1) is 0 Å². The van der Waals surface area contributed by atoms with Crippen LogP contribution in [0.2, 0.25) is 0 Å². The summed E-state index contributed by atoms with van der Waals surface area (Å²) in [5, 5.41) is 3.26. The van der Waals surface area contributed by atoms with Gasteiger partial charge in [-0.2, -0.15) is 0 Å². The molecule has 0 saturated heterocycles. The average molecular weight is 283 g/mol. The second kappa shape index (κ2) is 6.77. The third-order valence-electron chi connectivity index (χ3n) is 3.81. The first-order valence-corrected chi connectivity index (χ1v) is 7.47. The summed E-state index contributed by atoms with van der Waals surface area (Å²) < 4.78 is 5.98. The predicted octanol–water partition coefficient (Wildman–Crippen LogP) is 4.47. The van der Waals surface area contributed by atoms with Gasteiger partial charge in [0, 0.05) is 6.04 Å². The monoisotopic (exact) mass is 283 g/mol. The Morgan fingerprint density at radius 2 is 1.67 bits per heavy atom. The van der Waals surface area contributed by atoms with Gasteiger partial charge in [-0.25, -0.2) is 0 Å². The normalized spacial score (nSPS) is 12.2. The topological polar surface area (TPSA) is 21.3 Å². The lowest BCUT2D eigenvalue weighted by atomic mass is 10.1. The minimum atomic E-state index is 0.358. The van der Waals surface area contributed by atoms with Crippen LogP contribution in [0.15, 0.2) is 36.4 Å².